The van der Waals surface area contributed by atoms with Gasteiger partial charge in [-0.1, -0.05) is 26.7 Å². The SMILES string of the molecule is CCC(C)CN(C)CCC1CCCC1(CO)NC. The maximum Gasteiger partial charge on any atom is 0.0615 e. The van der Waals surface area contributed by atoms with Crippen molar-refractivity contribution in [2.24, 2.45) is 11.8 Å². The molecule has 0 spiro atoms. The normalized spacial score (nSPS) is 30.0. The van der Waals surface area contributed by atoms with Crippen molar-refractivity contribution in [1.82, 2.24) is 10.2 Å². The molecule has 0 aliphatic heterocycles. The van der Waals surface area contributed by atoms with E-state index in [2.05, 4.69) is 31.1 Å². The first-order valence-electron chi connectivity index (χ1n) is 7.56. The number of nitrogens with zero attached hydrogens (tertiary/aromatic N) is 1. The standard InChI is InChI=1S/C15H32N2O/c1-5-13(2)11-17(4)10-8-14-7-6-9-15(14,12-18)16-3/h13-14,16,18H,5-12H2,1-4H3. The lowest BCUT2D eigenvalue weighted by atomic mass is 9.85. The fraction of sp³-hybridized carbons (Fsp3) is 1.00. The van der Waals surface area contributed by atoms with E-state index in [0.29, 0.717) is 5.92 Å². The molecule has 1 fully saturated rings. The summed E-state index contributed by atoms with van der Waals surface area (Å²) in [6.07, 6.45) is 6.10. The van der Waals surface area contributed by atoms with Crippen LogP contribution in [0.25, 0.3) is 0 Å². The zero-order chi connectivity index (χ0) is 13.6. The van der Waals surface area contributed by atoms with Gasteiger partial charge in [0.15, 0.2) is 0 Å². The summed E-state index contributed by atoms with van der Waals surface area (Å²) in [5.41, 5.74) is -0.00277. The summed E-state index contributed by atoms with van der Waals surface area (Å²) in [4.78, 5) is 2.45. The van der Waals surface area contributed by atoms with Gasteiger partial charge in [-0.15, -0.1) is 0 Å². The Balaban J connectivity index is 2.38. The van der Waals surface area contributed by atoms with Crippen LogP contribution >= 0.6 is 0 Å². The first kappa shape index (κ1) is 15.9. The molecule has 1 aliphatic carbocycles. The molecule has 108 valence electrons. The van der Waals surface area contributed by atoms with E-state index in [1.807, 2.05) is 7.05 Å². The Kier molecular flexibility index (Phi) is 6.61. The fourth-order valence-electron chi connectivity index (χ4n) is 3.31. The number of hydrogen-bond donors (Lipinski definition) is 2. The van der Waals surface area contributed by atoms with Gasteiger partial charge in [0.05, 0.1) is 6.61 Å². The molecule has 1 aliphatic rings. The van der Waals surface area contributed by atoms with Crippen LogP contribution in [0.4, 0.5) is 0 Å². The lowest BCUT2D eigenvalue weighted by Gasteiger charge is -2.34. The van der Waals surface area contributed by atoms with Crippen LogP contribution in [0.15, 0.2) is 0 Å². The van der Waals surface area contributed by atoms with E-state index in [4.69, 9.17) is 0 Å². The van der Waals surface area contributed by atoms with Crippen LogP contribution < -0.4 is 5.32 Å². The second-order valence-corrected chi connectivity index (χ2v) is 6.22. The summed E-state index contributed by atoms with van der Waals surface area (Å²) in [5.74, 6) is 1.41. The first-order valence-corrected chi connectivity index (χ1v) is 7.56. The molecule has 0 heterocycles. The van der Waals surface area contributed by atoms with Gasteiger partial charge in [0.2, 0.25) is 0 Å². The van der Waals surface area contributed by atoms with Crippen molar-refractivity contribution in [3.05, 3.63) is 0 Å². The van der Waals surface area contributed by atoms with Crippen molar-refractivity contribution in [2.45, 2.75) is 51.5 Å². The number of hydrogen-bond acceptors (Lipinski definition) is 3. The molecular formula is C15H32N2O. The van der Waals surface area contributed by atoms with E-state index >= 15 is 0 Å². The third-order valence-corrected chi connectivity index (χ3v) is 4.92. The van der Waals surface area contributed by atoms with Crippen molar-refractivity contribution in [1.29, 1.82) is 0 Å². The Hall–Kier alpha value is -0.120. The minimum atomic E-state index is -0.00277. The Bertz CT molecular complexity index is 229. The summed E-state index contributed by atoms with van der Waals surface area (Å²) in [6, 6.07) is 0. The predicted octanol–water partition coefficient (Wildman–Crippen LogP) is 2.10. The summed E-state index contributed by atoms with van der Waals surface area (Å²) in [6.45, 7) is 7.20. The number of aliphatic hydroxyl groups excluding tert-OH is 1. The van der Waals surface area contributed by atoms with Crippen LogP contribution in [0.3, 0.4) is 0 Å². The molecule has 0 aromatic rings. The third-order valence-electron chi connectivity index (χ3n) is 4.92. The van der Waals surface area contributed by atoms with E-state index in [1.54, 1.807) is 0 Å². The van der Waals surface area contributed by atoms with Gasteiger partial charge in [0.1, 0.15) is 0 Å². The van der Waals surface area contributed by atoms with Crippen molar-refractivity contribution in [3.63, 3.8) is 0 Å². The quantitative estimate of drug-likeness (QED) is 0.698. The Morgan fingerprint density at radius 3 is 2.78 bits per heavy atom. The average Bonchev–Trinajstić information content (AvgIpc) is 2.79. The lowest BCUT2D eigenvalue weighted by molar-refractivity contribution is 0.119. The van der Waals surface area contributed by atoms with Gasteiger partial charge in [-0.2, -0.15) is 0 Å². The summed E-state index contributed by atoms with van der Waals surface area (Å²) in [7, 11) is 4.22. The Morgan fingerprint density at radius 2 is 2.22 bits per heavy atom. The molecule has 0 saturated heterocycles. The van der Waals surface area contributed by atoms with Crippen LogP contribution in [-0.4, -0.2) is 49.3 Å². The molecule has 0 aromatic carbocycles. The number of rotatable bonds is 8. The second kappa shape index (κ2) is 7.46. The minimum Gasteiger partial charge on any atom is -0.394 e. The smallest absolute Gasteiger partial charge is 0.0615 e. The van der Waals surface area contributed by atoms with Gasteiger partial charge in [0.25, 0.3) is 0 Å². The zero-order valence-electron chi connectivity index (χ0n) is 12.7. The van der Waals surface area contributed by atoms with Crippen LogP contribution in [0.5, 0.6) is 0 Å². The molecule has 2 N–H and O–H groups in total. The van der Waals surface area contributed by atoms with E-state index < -0.39 is 0 Å². The fourth-order valence-corrected chi connectivity index (χ4v) is 3.31. The van der Waals surface area contributed by atoms with Crippen molar-refractivity contribution < 1.29 is 5.11 Å². The molecule has 18 heavy (non-hydrogen) atoms. The highest BCUT2D eigenvalue weighted by atomic mass is 16.3. The topological polar surface area (TPSA) is 35.5 Å². The van der Waals surface area contributed by atoms with Gasteiger partial charge in [-0.3, -0.25) is 0 Å². The van der Waals surface area contributed by atoms with E-state index in [1.165, 1.54) is 32.2 Å². The van der Waals surface area contributed by atoms with Gasteiger partial charge >= 0.3 is 0 Å². The first-order chi connectivity index (χ1) is 8.57. The molecule has 0 bridgehead atoms. The highest BCUT2D eigenvalue weighted by Gasteiger charge is 2.40. The predicted molar refractivity (Wildman–Crippen MR) is 77.8 cm³/mol. The third kappa shape index (κ3) is 3.94. The zero-order valence-corrected chi connectivity index (χ0v) is 12.7. The molecule has 0 radical (unpaired) electrons. The average molecular weight is 256 g/mol. The molecular weight excluding hydrogens is 224 g/mol. The number of likely N-dealkylation sites (N-methyl/N-ethyl adjacent to an activating group) is 1. The maximum absolute atomic E-state index is 9.66. The van der Waals surface area contributed by atoms with Gasteiger partial charge in [0, 0.05) is 12.1 Å². The summed E-state index contributed by atoms with van der Waals surface area (Å²) < 4.78 is 0. The summed E-state index contributed by atoms with van der Waals surface area (Å²) in [5, 5.41) is 13.0. The maximum atomic E-state index is 9.66. The largest absolute Gasteiger partial charge is 0.394 e. The molecule has 1 rings (SSSR count). The number of aliphatic hydroxyl groups is 1. The Labute approximate surface area is 113 Å². The molecule has 3 heteroatoms. The highest BCUT2D eigenvalue weighted by Crippen LogP contribution is 2.37. The highest BCUT2D eigenvalue weighted by molar-refractivity contribution is 4.98. The van der Waals surface area contributed by atoms with Crippen LogP contribution in [0.1, 0.15) is 46.0 Å². The number of nitrogens with one attached hydrogen (secondary N) is 1. The van der Waals surface area contributed by atoms with Crippen LogP contribution in [-0.2, 0) is 0 Å². The van der Waals surface area contributed by atoms with Gasteiger partial charge in [-0.05, 0) is 51.7 Å². The minimum absolute atomic E-state index is 0.00277. The van der Waals surface area contributed by atoms with Crippen LogP contribution in [0, 0.1) is 11.8 Å². The lowest BCUT2D eigenvalue weighted by Crippen LogP contribution is -2.50. The van der Waals surface area contributed by atoms with Gasteiger partial charge < -0.3 is 15.3 Å². The molecule has 0 aromatic heterocycles. The van der Waals surface area contributed by atoms with E-state index in [-0.39, 0.29) is 12.1 Å². The summed E-state index contributed by atoms with van der Waals surface area (Å²) >= 11 is 0. The van der Waals surface area contributed by atoms with Crippen molar-refractivity contribution in [3.8, 4) is 0 Å². The monoisotopic (exact) mass is 256 g/mol. The molecule has 0 amide bonds. The van der Waals surface area contributed by atoms with Crippen molar-refractivity contribution in [2.75, 3.05) is 33.8 Å². The van der Waals surface area contributed by atoms with Gasteiger partial charge in [-0.25, -0.2) is 0 Å². The van der Waals surface area contributed by atoms with E-state index in [0.717, 1.165) is 18.9 Å². The molecule has 3 unspecified atom stereocenters. The van der Waals surface area contributed by atoms with E-state index in [9.17, 15) is 5.11 Å². The molecule has 3 nitrogen and oxygen atoms in total. The second-order valence-electron chi connectivity index (χ2n) is 6.22. The Morgan fingerprint density at radius 1 is 1.50 bits per heavy atom. The molecule has 3 atom stereocenters. The molecule has 1 saturated carbocycles. The van der Waals surface area contributed by atoms with Crippen LogP contribution in [0.2, 0.25) is 0 Å². The van der Waals surface area contributed by atoms with Crippen molar-refractivity contribution >= 4 is 0 Å².